The van der Waals surface area contributed by atoms with E-state index in [1.165, 1.54) is 23.9 Å². The number of para-hydroxylation sites is 1. The van der Waals surface area contributed by atoms with Gasteiger partial charge in [0, 0.05) is 23.4 Å². The standard InChI is InChI=1S/C29H24FN3O2S2/c1-19(2)33-28(34)26(37-29(33)36)16-22-17-32(24-8-4-3-5-9-24)31-27(22)21-7-6-10-25(15-21)35-18-20-11-13-23(30)14-12-20/h3-17,19H,18H2,1-2H3. The number of carbonyl (C=O) groups is 1. The molecule has 1 aliphatic rings. The molecule has 1 saturated heterocycles. The average molecular weight is 530 g/mol. The van der Waals surface area contributed by atoms with Gasteiger partial charge in [0.1, 0.15) is 28.2 Å². The van der Waals surface area contributed by atoms with Gasteiger partial charge in [-0.1, -0.05) is 66.4 Å². The van der Waals surface area contributed by atoms with E-state index in [4.69, 9.17) is 22.1 Å². The van der Waals surface area contributed by atoms with Crippen molar-refractivity contribution in [1.82, 2.24) is 14.7 Å². The Hall–Kier alpha value is -3.75. The van der Waals surface area contributed by atoms with Crippen molar-refractivity contribution in [2.24, 2.45) is 0 Å². The molecule has 0 bridgehead atoms. The van der Waals surface area contributed by atoms with Gasteiger partial charge in [0.25, 0.3) is 5.91 Å². The second-order valence-electron chi connectivity index (χ2n) is 8.80. The predicted molar refractivity (Wildman–Crippen MR) is 150 cm³/mol. The third-order valence-corrected chi connectivity index (χ3v) is 7.15. The van der Waals surface area contributed by atoms with Crippen molar-refractivity contribution in [2.75, 3.05) is 0 Å². The van der Waals surface area contributed by atoms with Crippen LogP contribution < -0.4 is 4.74 Å². The average Bonchev–Trinajstić information content (AvgIpc) is 3.44. The maximum atomic E-state index is 13.2. The fraction of sp³-hybridized carbons (Fsp3) is 0.138. The lowest BCUT2D eigenvalue weighted by atomic mass is 10.1. The monoisotopic (exact) mass is 529 g/mol. The summed E-state index contributed by atoms with van der Waals surface area (Å²) >= 11 is 6.76. The van der Waals surface area contributed by atoms with Crippen molar-refractivity contribution in [3.63, 3.8) is 0 Å². The highest BCUT2D eigenvalue weighted by atomic mass is 32.2. The summed E-state index contributed by atoms with van der Waals surface area (Å²) in [6.07, 6.45) is 3.77. The number of carbonyl (C=O) groups excluding carboxylic acids is 1. The first-order chi connectivity index (χ1) is 17.9. The molecule has 4 aromatic rings. The fourth-order valence-electron chi connectivity index (χ4n) is 3.98. The van der Waals surface area contributed by atoms with E-state index >= 15 is 0 Å². The Kier molecular flexibility index (Phi) is 7.21. The Labute approximate surface area is 224 Å². The summed E-state index contributed by atoms with van der Waals surface area (Å²) in [4.78, 5) is 15.3. The molecule has 0 spiro atoms. The van der Waals surface area contributed by atoms with Crippen LogP contribution in [-0.4, -0.2) is 30.9 Å². The lowest BCUT2D eigenvalue weighted by Gasteiger charge is -2.18. The quantitative estimate of drug-likeness (QED) is 0.193. The van der Waals surface area contributed by atoms with Crippen molar-refractivity contribution >= 4 is 40.3 Å². The molecule has 1 amide bonds. The number of amides is 1. The molecular weight excluding hydrogens is 505 g/mol. The second-order valence-corrected chi connectivity index (χ2v) is 10.5. The van der Waals surface area contributed by atoms with Crippen molar-refractivity contribution in [2.45, 2.75) is 26.5 Å². The zero-order chi connectivity index (χ0) is 25.9. The van der Waals surface area contributed by atoms with Crippen LogP contribution in [0.5, 0.6) is 5.75 Å². The third kappa shape index (κ3) is 5.50. The minimum absolute atomic E-state index is 0.0140. The molecule has 0 N–H and O–H groups in total. The van der Waals surface area contributed by atoms with Gasteiger partial charge in [0.2, 0.25) is 0 Å². The normalized spacial score (nSPS) is 14.7. The number of rotatable bonds is 7. The van der Waals surface area contributed by atoms with E-state index in [0.717, 1.165) is 22.4 Å². The van der Waals surface area contributed by atoms with Crippen LogP contribution in [0.2, 0.25) is 0 Å². The summed E-state index contributed by atoms with van der Waals surface area (Å²) in [5.41, 5.74) is 4.13. The summed E-state index contributed by atoms with van der Waals surface area (Å²) in [6.45, 7) is 4.21. The van der Waals surface area contributed by atoms with Crippen LogP contribution in [0, 0.1) is 5.82 Å². The molecule has 1 aliphatic heterocycles. The van der Waals surface area contributed by atoms with Gasteiger partial charge in [-0.2, -0.15) is 5.10 Å². The molecule has 3 aromatic carbocycles. The van der Waals surface area contributed by atoms with E-state index in [9.17, 15) is 9.18 Å². The molecular formula is C29H24FN3O2S2. The van der Waals surface area contributed by atoms with E-state index < -0.39 is 0 Å². The molecule has 2 heterocycles. The molecule has 0 radical (unpaired) electrons. The van der Waals surface area contributed by atoms with Crippen molar-refractivity contribution < 1.29 is 13.9 Å². The lowest BCUT2D eigenvalue weighted by molar-refractivity contribution is -0.123. The van der Waals surface area contributed by atoms with Crippen LogP contribution >= 0.6 is 24.0 Å². The minimum Gasteiger partial charge on any atom is -0.489 e. The highest BCUT2D eigenvalue weighted by molar-refractivity contribution is 8.26. The number of hydrogen-bond acceptors (Lipinski definition) is 5. The number of hydrogen-bond donors (Lipinski definition) is 0. The van der Waals surface area contributed by atoms with Crippen LogP contribution in [0.15, 0.2) is 90.0 Å². The zero-order valence-electron chi connectivity index (χ0n) is 20.3. The molecule has 0 unspecified atom stereocenters. The molecule has 5 nitrogen and oxygen atoms in total. The molecule has 0 atom stereocenters. The molecule has 37 heavy (non-hydrogen) atoms. The van der Waals surface area contributed by atoms with Gasteiger partial charge in [0.05, 0.1) is 10.6 Å². The number of ether oxygens (including phenoxy) is 1. The maximum Gasteiger partial charge on any atom is 0.266 e. The molecule has 8 heteroatoms. The molecule has 0 aliphatic carbocycles. The van der Waals surface area contributed by atoms with Gasteiger partial charge in [-0.3, -0.25) is 9.69 Å². The number of halogens is 1. The number of benzene rings is 3. The SMILES string of the molecule is CC(C)N1C(=O)C(=Cc2cn(-c3ccccc3)nc2-c2cccc(OCc3ccc(F)cc3)c2)SC1=S. The third-order valence-electron chi connectivity index (χ3n) is 5.82. The van der Waals surface area contributed by atoms with E-state index in [2.05, 4.69) is 0 Å². The molecule has 1 aromatic heterocycles. The van der Waals surface area contributed by atoms with Gasteiger partial charge in [-0.25, -0.2) is 9.07 Å². The Morgan fingerprint density at radius 2 is 1.81 bits per heavy atom. The smallest absolute Gasteiger partial charge is 0.266 e. The van der Waals surface area contributed by atoms with Crippen molar-refractivity contribution in [3.8, 4) is 22.7 Å². The van der Waals surface area contributed by atoms with Crippen LogP contribution in [-0.2, 0) is 11.4 Å². The maximum absolute atomic E-state index is 13.2. The number of nitrogens with zero attached hydrogens (tertiary/aromatic N) is 3. The molecule has 186 valence electrons. The van der Waals surface area contributed by atoms with Gasteiger partial charge in [-0.05, 0) is 61.9 Å². The van der Waals surface area contributed by atoms with Crippen LogP contribution in [0.25, 0.3) is 23.0 Å². The topological polar surface area (TPSA) is 47.4 Å². The Balaban J connectivity index is 1.50. The second kappa shape index (κ2) is 10.7. The summed E-state index contributed by atoms with van der Waals surface area (Å²) < 4.78 is 21.6. The fourth-order valence-corrected chi connectivity index (χ4v) is 5.49. The lowest BCUT2D eigenvalue weighted by Crippen LogP contribution is -2.34. The predicted octanol–water partition coefficient (Wildman–Crippen LogP) is 6.87. The first kappa shape index (κ1) is 24.9. The van der Waals surface area contributed by atoms with Gasteiger partial charge >= 0.3 is 0 Å². The number of thioether (sulfide) groups is 1. The Morgan fingerprint density at radius 3 is 2.51 bits per heavy atom. The zero-order valence-corrected chi connectivity index (χ0v) is 21.9. The Morgan fingerprint density at radius 1 is 1.05 bits per heavy atom. The van der Waals surface area contributed by atoms with Crippen LogP contribution in [0.4, 0.5) is 4.39 Å². The summed E-state index contributed by atoms with van der Waals surface area (Å²) in [6, 6.07) is 23.7. The van der Waals surface area contributed by atoms with E-state index in [0.29, 0.717) is 27.3 Å². The summed E-state index contributed by atoms with van der Waals surface area (Å²) in [5, 5.41) is 4.87. The van der Waals surface area contributed by atoms with Gasteiger partial charge < -0.3 is 4.74 Å². The molecule has 5 rings (SSSR count). The number of thiocarbonyl (C=S) groups is 1. The first-order valence-electron chi connectivity index (χ1n) is 11.8. The van der Waals surface area contributed by atoms with Crippen molar-refractivity contribution in [1.29, 1.82) is 0 Å². The Bertz CT molecular complexity index is 1480. The summed E-state index contributed by atoms with van der Waals surface area (Å²) in [7, 11) is 0. The molecule has 0 saturated carbocycles. The highest BCUT2D eigenvalue weighted by Gasteiger charge is 2.34. The van der Waals surface area contributed by atoms with Crippen molar-refractivity contribution in [3.05, 3.63) is 107 Å². The first-order valence-corrected chi connectivity index (χ1v) is 13.0. The van der Waals surface area contributed by atoms with E-state index in [1.54, 1.807) is 21.7 Å². The summed E-state index contributed by atoms with van der Waals surface area (Å²) in [5.74, 6) is 0.283. The van der Waals surface area contributed by atoms with E-state index in [-0.39, 0.29) is 17.8 Å². The van der Waals surface area contributed by atoms with Gasteiger partial charge in [0.15, 0.2) is 0 Å². The van der Waals surface area contributed by atoms with Crippen LogP contribution in [0.1, 0.15) is 25.0 Å². The van der Waals surface area contributed by atoms with Crippen LogP contribution in [0.3, 0.4) is 0 Å². The largest absolute Gasteiger partial charge is 0.489 e. The minimum atomic E-state index is -0.280. The number of aromatic nitrogens is 2. The van der Waals surface area contributed by atoms with E-state index in [1.807, 2.05) is 80.7 Å². The molecule has 1 fully saturated rings. The highest BCUT2D eigenvalue weighted by Crippen LogP contribution is 2.36. The van der Waals surface area contributed by atoms with Gasteiger partial charge in [-0.15, -0.1) is 0 Å².